The van der Waals surface area contributed by atoms with Gasteiger partial charge in [-0.2, -0.15) is 0 Å². The lowest BCUT2D eigenvalue weighted by Crippen LogP contribution is -2.44. The maximum atomic E-state index is 12.8. The Morgan fingerprint density at radius 3 is 2.85 bits per heavy atom. The first-order valence-corrected chi connectivity index (χ1v) is 12.6. The average Bonchev–Trinajstić information content (AvgIpc) is 2.97. The molecular formula is C18H24N2O3S3. The van der Waals surface area contributed by atoms with E-state index in [1.165, 1.54) is 17.3 Å². The summed E-state index contributed by atoms with van der Waals surface area (Å²) in [7, 11) is -3.01. The van der Waals surface area contributed by atoms with Crippen LogP contribution in [0.5, 0.6) is 0 Å². The maximum absolute atomic E-state index is 12.8. The fraction of sp³-hybridized carbons (Fsp3) is 0.556. The normalized spacial score (nSPS) is 21.3. The molecule has 1 atom stereocenters. The Kier molecular flexibility index (Phi) is 6.35. The second-order valence-corrected chi connectivity index (χ2v) is 11.5. The van der Waals surface area contributed by atoms with Crippen molar-refractivity contribution in [1.29, 1.82) is 0 Å². The molecule has 0 N–H and O–H groups in total. The molecule has 0 bridgehead atoms. The van der Waals surface area contributed by atoms with Gasteiger partial charge in [0.05, 0.1) is 22.9 Å². The molecule has 0 saturated carbocycles. The van der Waals surface area contributed by atoms with Crippen LogP contribution in [0.2, 0.25) is 0 Å². The first kappa shape index (κ1) is 19.8. The molecule has 5 nitrogen and oxygen atoms in total. The van der Waals surface area contributed by atoms with Gasteiger partial charge in [0.25, 0.3) is 0 Å². The van der Waals surface area contributed by atoms with Crippen LogP contribution in [-0.4, -0.2) is 53.4 Å². The summed E-state index contributed by atoms with van der Waals surface area (Å²) in [6.07, 6.45) is 0.550. The third-order valence-corrected chi connectivity index (χ3v) is 8.39. The highest BCUT2D eigenvalue weighted by atomic mass is 32.2. The summed E-state index contributed by atoms with van der Waals surface area (Å²) in [5, 5.41) is 0. The van der Waals surface area contributed by atoms with E-state index in [0.717, 1.165) is 15.8 Å². The summed E-state index contributed by atoms with van der Waals surface area (Å²) in [4.78, 5) is 19.2. The zero-order valence-electron chi connectivity index (χ0n) is 15.1. The number of rotatable bonds is 5. The van der Waals surface area contributed by atoms with Gasteiger partial charge in [-0.25, -0.2) is 13.4 Å². The first-order chi connectivity index (χ1) is 12.3. The SMILES string of the molecule is CC(C)CN(C(=O)CSC1=Nc2ccccc2CS1)C1CCS(=O)(=O)C1. The van der Waals surface area contributed by atoms with E-state index in [-0.39, 0.29) is 23.5 Å². The Bertz CT molecular complexity index is 806. The Morgan fingerprint density at radius 2 is 2.15 bits per heavy atom. The molecular weight excluding hydrogens is 388 g/mol. The molecule has 1 unspecified atom stereocenters. The Hall–Kier alpha value is -0.990. The van der Waals surface area contributed by atoms with Crippen molar-refractivity contribution in [2.24, 2.45) is 10.9 Å². The van der Waals surface area contributed by atoms with Gasteiger partial charge in [0, 0.05) is 18.3 Å². The molecule has 0 radical (unpaired) electrons. The quantitative estimate of drug-likeness (QED) is 0.742. The van der Waals surface area contributed by atoms with Crippen LogP contribution in [0.15, 0.2) is 29.3 Å². The van der Waals surface area contributed by atoms with E-state index >= 15 is 0 Å². The molecule has 1 fully saturated rings. The summed E-state index contributed by atoms with van der Waals surface area (Å²) in [6, 6.07) is 7.86. The van der Waals surface area contributed by atoms with Gasteiger partial charge < -0.3 is 4.90 Å². The molecule has 1 aromatic rings. The number of carbonyl (C=O) groups is 1. The largest absolute Gasteiger partial charge is 0.338 e. The molecule has 0 spiro atoms. The third kappa shape index (κ3) is 5.04. The molecule has 2 aliphatic rings. The Labute approximate surface area is 163 Å². The van der Waals surface area contributed by atoms with Crippen molar-refractivity contribution in [3.63, 3.8) is 0 Å². The van der Waals surface area contributed by atoms with Gasteiger partial charge in [0.1, 0.15) is 4.38 Å². The van der Waals surface area contributed by atoms with Crippen molar-refractivity contribution in [3.8, 4) is 0 Å². The number of sulfone groups is 1. The van der Waals surface area contributed by atoms with Crippen molar-refractivity contribution in [2.75, 3.05) is 23.8 Å². The van der Waals surface area contributed by atoms with Crippen molar-refractivity contribution >= 4 is 49.3 Å². The molecule has 1 saturated heterocycles. The molecule has 142 valence electrons. The van der Waals surface area contributed by atoms with E-state index in [1.54, 1.807) is 16.7 Å². The van der Waals surface area contributed by atoms with Crippen molar-refractivity contribution in [1.82, 2.24) is 4.90 Å². The van der Waals surface area contributed by atoms with Crippen LogP contribution in [0.4, 0.5) is 5.69 Å². The van der Waals surface area contributed by atoms with Gasteiger partial charge >= 0.3 is 0 Å². The maximum Gasteiger partial charge on any atom is 0.233 e. The first-order valence-electron chi connectivity index (χ1n) is 8.76. The Morgan fingerprint density at radius 1 is 1.38 bits per heavy atom. The molecule has 0 aromatic heterocycles. The summed E-state index contributed by atoms with van der Waals surface area (Å²) in [5.74, 6) is 1.77. The summed E-state index contributed by atoms with van der Waals surface area (Å²) >= 11 is 3.11. The monoisotopic (exact) mass is 412 g/mol. The standard InChI is InChI=1S/C18H24N2O3S3/c1-13(2)9-20(15-7-8-26(22,23)12-15)17(21)11-25-18-19-16-6-4-3-5-14(16)10-24-18/h3-6,13,15H,7-12H2,1-2H3. The van der Waals surface area contributed by atoms with Crippen molar-refractivity contribution < 1.29 is 13.2 Å². The number of carbonyl (C=O) groups excluding carboxylic acids is 1. The zero-order chi connectivity index (χ0) is 18.7. The number of hydrogen-bond donors (Lipinski definition) is 0. The van der Waals surface area contributed by atoms with Crippen LogP contribution in [0, 0.1) is 5.92 Å². The summed E-state index contributed by atoms with van der Waals surface area (Å²) in [5.41, 5.74) is 2.19. The molecule has 26 heavy (non-hydrogen) atoms. The predicted octanol–water partition coefficient (Wildman–Crippen LogP) is 3.33. The highest BCUT2D eigenvalue weighted by Crippen LogP contribution is 2.34. The minimum atomic E-state index is -3.01. The van der Waals surface area contributed by atoms with E-state index < -0.39 is 9.84 Å². The topological polar surface area (TPSA) is 66.8 Å². The van der Waals surface area contributed by atoms with Crippen LogP contribution in [0.1, 0.15) is 25.8 Å². The lowest BCUT2D eigenvalue weighted by Gasteiger charge is -2.30. The lowest BCUT2D eigenvalue weighted by atomic mass is 10.1. The number of amides is 1. The number of thioether (sulfide) groups is 2. The van der Waals surface area contributed by atoms with E-state index in [1.807, 2.05) is 18.2 Å². The highest BCUT2D eigenvalue weighted by molar-refractivity contribution is 8.38. The van der Waals surface area contributed by atoms with Gasteiger partial charge in [0.2, 0.25) is 5.91 Å². The van der Waals surface area contributed by atoms with E-state index in [4.69, 9.17) is 0 Å². The average molecular weight is 413 g/mol. The Balaban J connectivity index is 1.64. The number of aliphatic imine (C=N–C) groups is 1. The molecule has 3 rings (SSSR count). The fourth-order valence-corrected chi connectivity index (χ4v) is 6.84. The minimum Gasteiger partial charge on any atom is -0.338 e. The van der Waals surface area contributed by atoms with Gasteiger partial charge in [0.15, 0.2) is 9.84 Å². The van der Waals surface area contributed by atoms with E-state index in [9.17, 15) is 13.2 Å². The van der Waals surface area contributed by atoms with Gasteiger partial charge in [-0.15, -0.1) is 0 Å². The number of para-hydroxylation sites is 1. The number of hydrogen-bond acceptors (Lipinski definition) is 6. The predicted molar refractivity (Wildman–Crippen MR) is 111 cm³/mol. The van der Waals surface area contributed by atoms with Crippen LogP contribution in [0.25, 0.3) is 0 Å². The number of fused-ring (bicyclic) bond motifs is 1. The smallest absolute Gasteiger partial charge is 0.233 e. The van der Waals surface area contributed by atoms with Crippen LogP contribution >= 0.6 is 23.5 Å². The van der Waals surface area contributed by atoms with Crippen LogP contribution in [0.3, 0.4) is 0 Å². The molecule has 2 aliphatic heterocycles. The van der Waals surface area contributed by atoms with Crippen molar-refractivity contribution in [3.05, 3.63) is 29.8 Å². The fourth-order valence-electron chi connectivity index (χ4n) is 3.16. The van der Waals surface area contributed by atoms with Crippen molar-refractivity contribution in [2.45, 2.75) is 32.1 Å². The van der Waals surface area contributed by atoms with Crippen LogP contribution < -0.4 is 0 Å². The zero-order valence-corrected chi connectivity index (χ0v) is 17.5. The van der Waals surface area contributed by atoms with E-state index in [0.29, 0.717) is 24.6 Å². The molecule has 2 heterocycles. The summed E-state index contributed by atoms with van der Waals surface area (Å²) < 4.78 is 24.5. The number of benzene rings is 1. The second-order valence-electron chi connectivity index (χ2n) is 7.08. The lowest BCUT2D eigenvalue weighted by molar-refractivity contribution is -0.130. The van der Waals surface area contributed by atoms with Gasteiger partial charge in [-0.05, 0) is 24.0 Å². The summed E-state index contributed by atoms with van der Waals surface area (Å²) in [6.45, 7) is 4.70. The van der Waals surface area contributed by atoms with E-state index in [2.05, 4.69) is 24.9 Å². The molecule has 8 heteroatoms. The minimum absolute atomic E-state index is 0.00737. The second kappa shape index (κ2) is 8.35. The van der Waals surface area contributed by atoms with Gasteiger partial charge in [-0.3, -0.25) is 4.79 Å². The molecule has 1 aromatic carbocycles. The third-order valence-electron chi connectivity index (χ3n) is 4.40. The number of nitrogens with zero attached hydrogens (tertiary/aromatic N) is 2. The molecule has 0 aliphatic carbocycles. The van der Waals surface area contributed by atoms with Crippen LogP contribution in [-0.2, 0) is 20.4 Å². The highest BCUT2D eigenvalue weighted by Gasteiger charge is 2.34. The molecule has 1 amide bonds. The van der Waals surface area contributed by atoms with Gasteiger partial charge in [-0.1, -0.05) is 55.6 Å².